The smallest absolute Gasteiger partial charge is 0.230 e. The third-order valence-electron chi connectivity index (χ3n) is 5.90. The Labute approximate surface area is 187 Å². The van der Waals surface area contributed by atoms with Gasteiger partial charge in [0.25, 0.3) is 0 Å². The van der Waals surface area contributed by atoms with Gasteiger partial charge in [-0.3, -0.25) is 9.59 Å². The van der Waals surface area contributed by atoms with Crippen molar-refractivity contribution in [2.75, 3.05) is 11.4 Å². The average molecular weight is 461 g/mol. The summed E-state index contributed by atoms with van der Waals surface area (Å²) < 4.78 is 26.1. The van der Waals surface area contributed by atoms with Gasteiger partial charge in [-0.1, -0.05) is 29.8 Å². The fourth-order valence-corrected chi connectivity index (χ4v) is 5.45. The summed E-state index contributed by atoms with van der Waals surface area (Å²) in [4.78, 5) is 26.7. The monoisotopic (exact) mass is 460 g/mol. The molecule has 2 aromatic carbocycles. The van der Waals surface area contributed by atoms with Crippen LogP contribution in [0.25, 0.3) is 0 Å². The largest absolute Gasteiger partial charge is 0.352 e. The summed E-state index contributed by atoms with van der Waals surface area (Å²) in [7, 11) is -3.68. The van der Waals surface area contributed by atoms with Gasteiger partial charge in [-0.2, -0.15) is 0 Å². The Morgan fingerprint density at radius 3 is 2.65 bits per heavy atom. The van der Waals surface area contributed by atoms with E-state index in [0.717, 1.165) is 29.7 Å². The lowest BCUT2D eigenvalue weighted by molar-refractivity contribution is -0.121. The predicted octanol–water partition coefficient (Wildman–Crippen LogP) is 3.51. The minimum absolute atomic E-state index is 0.124. The zero-order chi connectivity index (χ0) is 22.2. The normalized spacial score (nSPS) is 16.6. The molecule has 0 aromatic heterocycles. The lowest BCUT2D eigenvalue weighted by atomic mass is 10.2. The lowest BCUT2D eigenvalue weighted by Crippen LogP contribution is -2.30. The molecule has 2 amide bonds. The maximum Gasteiger partial charge on any atom is 0.230 e. The average Bonchev–Trinajstić information content (AvgIpc) is 3.51. The molecule has 1 aliphatic heterocycles. The Morgan fingerprint density at radius 1 is 1.19 bits per heavy atom. The molecule has 1 fully saturated rings. The maximum absolute atomic E-state index is 13.0. The molecule has 31 heavy (non-hydrogen) atoms. The molecule has 0 bridgehead atoms. The quantitative estimate of drug-likeness (QED) is 0.685. The van der Waals surface area contributed by atoms with E-state index in [0.29, 0.717) is 18.0 Å². The molecular weight excluding hydrogens is 436 g/mol. The van der Waals surface area contributed by atoms with Crippen LogP contribution in [0.1, 0.15) is 37.3 Å². The molecule has 1 aliphatic carbocycles. The van der Waals surface area contributed by atoms with Crippen molar-refractivity contribution in [1.29, 1.82) is 0 Å². The number of sulfone groups is 1. The van der Waals surface area contributed by atoms with Gasteiger partial charge in [-0.05, 0) is 61.6 Å². The summed E-state index contributed by atoms with van der Waals surface area (Å²) in [6.45, 7) is 2.38. The third kappa shape index (κ3) is 4.62. The Bertz CT molecular complexity index is 1130. The van der Waals surface area contributed by atoms with Crippen molar-refractivity contribution in [3.63, 3.8) is 0 Å². The number of hydrogen-bond acceptors (Lipinski definition) is 4. The van der Waals surface area contributed by atoms with Crippen LogP contribution >= 0.6 is 11.6 Å². The minimum Gasteiger partial charge on any atom is -0.352 e. The van der Waals surface area contributed by atoms with Crippen LogP contribution in [0, 0.1) is 5.92 Å². The standard InChI is InChI=1S/C23H25ClN2O4S/c1-15(12-22(27)25-14-18-4-2-3-5-20(18)24)31(29,30)19-8-9-21-17(13-19)10-11-26(21)23(28)16-6-7-16/h2-5,8-9,13,15-16H,6-7,10-12,14H2,1H3,(H,25,27). The summed E-state index contributed by atoms with van der Waals surface area (Å²) in [5.41, 5.74) is 2.45. The second-order valence-corrected chi connectivity index (χ2v) is 11.0. The van der Waals surface area contributed by atoms with E-state index in [1.54, 1.807) is 42.2 Å². The van der Waals surface area contributed by atoms with E-state index in [1.807, 2.05) is 12.1 Å². The van der Waals surface area contributed by atoms with Crippen LogP contribution in [0.2, 0.25) is 5.02 Å². The highest BCUT2D eigenvalue weighted by atomic mass is 35.5. The highest BCUT2D eigenvalue weighted by Gasteiger charge is 2.37. The molecule has 1 atom stereocenters. The fraction of sp³-hybridized carbons (Fsp3) is 0.391. The van der Waals surface area contributed by atoms with E-state index in [2.05, 4.69) is 5.32 Å². The summed E-state index contributed by atoms with van der Waals surface area (Å²) in [5.74, 6) is -0.0880. The minimum atomic E-state index is -3.68. The van der Waals surface area contributed by atoms with E-state index >= 15 is 0 Å². The van der Waals surface area contributed by atoms with Gasteiger partial charge in [0.1, 0.15) is 0 Å². The van der Waals surface area contributed by atoms with Crippen LogP contribution in [-0.4, -0.2) is 32.0 Å². The highest BCUT2D eigenvalue weighted by Crippen LogP contribution is 2.37. The molecule has 4 rings (SSSR count). The van der Waals surface area contributed by atoms with Gasteiger partial charge in [-0.15, -0.1) is 0 Å². The van der Waals surface area contributed by atoms with Gasteiger partial charge in [0.2, 0.25) is 11.8 Å². The Kier molecular flexibility index (Phi) is 6.08. The topological polar surface area (TPSA) is 83.6 Å². The number of benzene rings is 2. The number of hydrogen-bond donors (Lipinski definition) is 1. The summed E-state index contributed by atoms with van der Waals surface area (Å²) >= 11 is 6.09. The number of nitrogens with zero attached hydrogens (tertiary/aromatic N) is 1. The van der Waals surface area contributed by atoms with E-state index < -0.39 is 15.1 Å². The number of carbonyl (C=O) groups is 2. The Balaban J connectivity index is 1.41. The van der Waals surface area contributed by atoms with Gasteiger partial charge in [0.05, 0.1) is 10.1 Å². The van der Waals surface area contributed by atoms with Crippen LogP contribution in [0.4, 0.5) is 5.69 Å². The summed E-state index contributed by atoms with van der Waals surface area (Å²) in [6.07, 6.45) is 2.38. The number of nitrogens with one attached hydrogen (secondary N) is 1. The first-order valence-corrected chi connectivity index (χ1v) is 12.4. The molecule has 8 heteroatoms. The molecule has 6 nitrogen and oxygen atoms in total. The van der Waals surface area contributed by atoms with Crippen molar-refractivity contribution in [3.8, 4) is 0 Å². The zero-order valence-electron chi connectivity index (χ0n) is 17.3. The van der Waals surface area contributed by atoms with E-state index in [-0.39, 0.29) is 35.6 Å². The number of halogens is 1. The van der Waals surface area contributed by atoms with E-state index in [4.69, 9.17) is 11.6 Å². The highest BCUT2D eigenvalue weighted by molar-refractivity contribution is 7.92. The van der Waals surface area contributed by atoms with Crippen LogP contribution in [0.5, 0.6) is 0 Å². The molecule has 2 aliphatic rings. The van der Waals surface area contributed by atoms with E-state index in [1.165, 1.54) is 0 Å². The van der Waals surface area contributed by atoms with Gasteiger partial charge in [0, 0.05) is 36.1 Å². The maximum atomic E-state index is 13.0. The molecule has 164 valence electrons. The van der Waals surface area contributed by atoms with Crippen molar-refractivity contribution < 1.29 is 18.0 Å². The molecule has 0 radical (unpaired) electrons. The molecular formula is C23H25ClN2O4S. The second kappa shape index (κ2) is 8.63. The van der Waals surface area contributed by atoms with Crippen molar-refractivity contribution in [3.05, 3.63) is 58.6 Å². The Hall–Kier alpha value is -2.38. The molecule has 0 saturated heterocycles. The van der Waals surface area contributed by atoms with Crippen molar-refractivity contribution in [1.82, 2.24) is 5.32 Å². The van der Waals surface area contributed by atoms with Crippen LogP contribution in [0.3, 0.4) is 0 Å². The number of rotatable bonds is 7. The van der Waals surface area contributed by atoms with Crippen molar-refractivity contribution in [2.24, 2.45) is 5.92 Å². The summed E-state index contributed by atoms with van der Waals surface area (Å²) in [5, 5.41) is 2.42. The zero-order valence-corrected chi connectivity index (χ0v) is 18.9. The van der Waals surface area contributed by atoms with Crippen LogP contribution in [-0.2, 0) is 32.4 Å². The SMILES string of the molecule is CC(CC(=O)NCc1ccccc1Cl)S(=O)(=O)c1ccc2c(c1)CCN2C(=O)C1CC1. The Morgan fingerprint density at radius 2 is 1.94 bits per heavy atom. The number of fused-ring (bicyclic) bond motifs is 1. The molecule has 1 unspecified atom stereocenters. The molecule has 1 heterocycles. The van der Waals surface area contributed by atoms with Gasteiger partial charge in [-0.25, -0.2) is 8.42 Å². The van der Waals surface area contributed by atoms with Crippen LogP contribution < -0.4 is 10.2 Å². The first-order chi connectivity index (χ1) is 14.8. The van der Waals surface area contributed by atoms with Crippen molar-refractivity contribution in [2.45, 2.75) is 49.3 Å². The lowest BCUT2D eigenvalue weighted by Gasteiger charge is -2.18. The van der Waals surface area contributed by atoms with Gasteiger partial charge < -0.3 is 10.2 Å². The first kappa shape index (κ1) is 21.8. The first-order valence-electron chi connectivity index (χ1n) is 10.5. The molecule has 1 N–H and O–H groups in total. The van der Waals surface area contributed by atoms with Gasteiger partial charge >= 0.3 is 0 Å². The molecule has 2 aromatic rings. The summed E-state index contributed by atoms with van der Waals surface area (Å²) in [6, 6.07) is 12.1. The number of carbonyl (C=O) groups excluding carboxylic acids is 2. The predicted molar refractivity (Wildman–Crippen MR) is 120 cm³/mol. The fourth-order valence-electron chi connectivity index (χ4n) is 3.85. The van der Waals surface area contributed by atoms with Crippen LogP contribution in [0.15, 0.2) is 47.4 Å². The van der Waals surface area contributed by atoms with Gasteiger partial charge in [0.15, 0.2) is 9.84 Å². The van der Waals surface area contributed by atoms with Crippen molar-refractivity contribution >= 4 is 38.9 Å². The molecule has 0 spiro atoms. The number of amides is 2. The third-order valence-corrected chi connectivity index (χ3v) is 8.41. The second-order valence-electron chi connectivity index (χ2n) is 8.23. The number of anilines is 1. The van der Waals surface area contributed by atoms with E-state index in [9.17, 15) is 18.0 Å². The molecule has 1 saturated carbocycles.